The average Bonchev–Trinajstić information content (AvgIpc) is 2.16. The Morgan fingerprint density at radius 2 is 2.25 bits per heavy atom. The zero-order chi connectivity index (χ0) is 11.9. The molecule has 0 radical (unpaired) electrons. The normalized spacial score (nSPS) is 23.5. The SMILES string of the molecule is CC1(C(=O)O)Cc2cc(Cl)ccc2C(=O)O1. The second kappa shape index (κ2) is 3.49. The summed E-state index contributed by atoms with van der Waals surface area (Å²) in [6.45, 7) is 1.37. The molecule has 84 valence electrons. The monoisotopic (exact) mass is 240 g/mol. The Morgan fingerprint density at radius 1 is 1.56 bits per heavy atom. The first kappa shape index (κ1) is 11.0. The van der Waals surface area contributed by atoms with Gasteiger partial charge in [0.15, 0.2) is 0 Å². The molecule has 1 unspecified atom stereocenters. The largest absolute Gasteiger partial charge is 0.478 e. The Balaban J connectivity index is 2.50. The zero-order valence-electron chi connectivity index (χ0n) is 8.49. The minimum Gasteiger partial charge on any atom is -0.478 e. The van der Waals surface area contributed by atoms with Crippen molar-refractivity contribution >= 4 is 23.5 Å². The van der Waals surface area contributed by atoms with E-state index in [1.54, 1.807) is 18.2 Å². The molecule has 1 aromatic rings. The van der Waals surface area contributed by atoms with Crippen molar-refractivity contribution in [1.29, 1.82) is 0 Å². The van der Waals surface area contributed by atoms with Gasteiger partial charge in [0.1, 0.15) is 0 Å². The summed E-state index contributed by atoms with van der Waals surface area (Å²) < 4.78 is 4.92. The maximum absolute atomic E-state index is 11.6. The Labute approximate surface area is 96.8 Å². The van der Waals surface area contributed by atoms with Gasteiger partial charge in [0, 0.05) is 11.4 Å². The number of aliphatic carboxylic acids is 1. The van der Waals surface area contributed by atoms with Gasteiger partial charge in [0.25, 0.3) is 0 Å². The highest BCUT2D eigenvalue weighted by Gasteiger charge is 2.42. The van der Waals surface area contributed by atoms with Gasteiger partial charge in [-0.15, -0.1) is 0 Å². The summed E-state index contributed by atoms with van der Waals surface area (Å²) in [7, 11) is 0. The standard InChI is InChI=1S/C11H9ClO4/c1-11(10(14)15)5-6-4-7(12)2-3-8(6)9(13)16-11/h2-4H,5H2,1H3,(H,14,15). The number of benzene rings is 1. The lowest BCUT2D eigenvalue weighted by molar-refractivity contribution is -0.158. The number of carbonyl (C=O) groups excluding carboxylic acids is 1. The van der Waals surface area contributed by atoms with Crippen LogP contribution in [-0.2, 0) is 16.0 Å². The highest BCUT2D eigenvalue weighted by atomic mass is 35.5. The lowest BCUT2D eigenvalue weighted by Crippen LogP contribution is -2.45. The molecule has 0 saturated heterocycles. The predicted octanol–water partition coefficient (Wildman–Crippen LogP) is 1.90. The molecule has 4 nitrogen and oxygen atoms in total. The molecule has 1 N–H and O–H groups in total. The Kier molecular flexibility index (Phi) is 2.39. The molecule has 1 aromatic carbocycles. The van der Waals surface area contributed by atoms with E-state index in [4.69, 9.17) is 21.4 Å². The summed E-state index contributed by atoms with van der Waals surface area (Å²) in [5.41, 5.74) is -0.522. The smallest absolute Gasteiger partial charge is 0.348 e. The van der Waals surface area contributed by atoms with Crippen LogP contribution in [0, 0.1) is 0 Å². The molecule has 1 aliphatic rings. The zero-order valence-corrected chi connectivity index (χ0v) is 9.25. The number of halogens is 1. The molecule has 16 heavy (non-hydrogen) atoms. The molecule has 5 heteroatoms. The van der Waals surface area contributed by atoms with Crippen LogP contribution in [0.3, 0.4) is 0 Å². The predicted molar refractivity (Wildman–Crippen MR) is 56.6 cm³/mol. The average molecular weight is 241 g/mol. The van der Waals surface area contributed by atoms with E-state index in [9.17, 15) is 9.59 Å². The topological polar surface area (TPSA) is 63.6 Å². The van der Waals surface area contributed by atoms with Gasteiger partial charge in [-0.05, 0) is 30.7 Å². The van der Waals surface area contributed by atoms with Gasteiger partial charge in [-0.2, -0.15) is 0 Å². The Morgan fingerprint density at radius 3 is 2.88 bits per heavy atom. The number of carbonyl (C=O) groups is 2. The first-order valence-corrected chi connectivity index (χ1v) is 5.05. The van der Waals surface area contributed by atoms with Crippen molar-refractivity contribution in [1.82, 2.24) is 0 Å². The molecular formula is C11H9ClO4. The molecule has 1 aliphatic heterocycles. The van der Waals surface area contributed by atoms with Crippen LogP contribution < -0.4 is 0 Å². The Bertz CT molecular complexity index is 483. The number of carboxylic acids is 1. The minimum absolute atomic E-state index is 0.129. The van der Waals surface area contributed by atoms with Crippen LogP contribution in [-0.4, -0.2) is 22.6 Å². The van der Waals surface area contributed by atoms with Crippen molar-refractivity contribution < 1.29 is 19.4 Å². The van der Waals surface area contributed by atoms with Gasteiger partial charge >= 0.3 is 11.9 Å². The van der Waals surface area contributed by atoms with Gasteiger partial charge < -0.3 is 9.84 Å². The summed E-state index contributed by atoms with van der Waals surface area (Å²) in [5, 5.41) is 9.47. The van der Waals surface area contributed by atoms with Crippen molar-refractivity contribution in [2.75, 3.05) is 0 Å². The third kappa shape index (κ3) is 1.65. The maximum atomic E-state index is 11.6. The van der Waals surface area contributed by atoms with Gasteiger partial charge in [-0.25, -0.2) is 9.59 Å². The number of hydrogen-bond acceptors (Lipinski definition) is 3. The molecule has 0 spiro atoms. The number of hydrogen-bond donors (Lipinski definition) is 1. The summed E-state index contributed by atoms with van der Waals surface area (Å²) >= 11 is 5.80. The van der Waals surface area contributed by atoms with Crippen molar-refractivity contribution in [3.05, 3.63) is 34.3 Å². The summed E-state index contributed by atoms with van der Waals surface area (Å²) in [5.74, 6) is -1.78. The molecule has 0 aliphatic carbocycles. The van der Waals surface area contributed by atoms with Crippen molar-refractivity contribution in [2.24, 2.45) is 0 Å². The van der Waals surface area contributed by atoms with Crippen LogP contribution in [0.1, 0.15) is 22.8 Å². The summed E-state index contributed by atoms with van der Waals surface area (Å²) in [6.07, 6.45) is 0.129. The number of ether oxygens (including phenoxy) is 1. The molecule has 0 bridgehead atoms. The van der Waals surface area contributed by atoms with E-state index >= 15 is 0 Å². The van der Waals surface area contributed by atoms with Crippen LogP contribution in [0.2, 0.25) is 5.02 Å². The third-order valence-electron chi connectivity index (χ3n) is 2.59. The van der Waals surface area contributed by atoms with Gasteiger partial charge in [-0.1, -0.05) is 11.6 Å². The van der Waals surface area contributed by atoms with E-state index in [0.29, 0.717) is 16.1 Å². The molecule has 0 aromatic heterocycles. The van der Waals surface area contributed by atoms with E-state index in [-0.39, 0.29) is 6.42 Å². The van der Waals surface area contributed by atoms with Crippen LogP contribution in [0.25, 0.3) is 0 Å². The van der Waals surface area contributed by atoms with Crippen molar-refractivity contribution in [2.45, 2.75) is 18.9 Å². The third-order valence-corrected chi connectivity index (χ3v) is 2.82. The summed E-state index contributed by atoms with van der Waals surface area (Å²) in [6, 6.07) is 4.71. The molecule has 0 fully saturated rings. The van der Waals surface area contributed by atoms with Gasteiger partial charge in [0.2, 0.25) is 5.60 Å². The maximum Gasteiger partial charge on any atom is 0.348 e. The van der Waals surface area contributed by atoms with E-state index in [1.165, 1.54) is 6.92 Å². The molecular weight excluding hydrogens is 232 g/mol. The number of carboxylic acid groups (broad SMARTS) is 1. The molecule has 2 rings (SSSR count). The first-order chi connectivity index (χ1) is 7.42. The molecule has 0 saturated carbocycles. The molecule has 0 amide bonds. The first-order valence-electron chi connectivity index (χ1n) is 4.67. The second-order valence-corrected chi connectivity index (χ2v) is 4.34. The fourth-order valence-electron chi connectivity index (χ4n) is 1.69. The van der Waals surface area contributed by atoms with E-state index in [1.807, 2.05) is 0 Å². The highest BCUT2D eigenvalue weighted by Crippen LogP contribution is 2.30. The lowest BCUT2D eigenvalue weighted by atomic mass is 9.90. The van der Waals surface area contributed by atoms with Gasteiger partial charge in [-0.3, -0.25) is 0 Å². The van der Waals surface area contributed by atoms with Crippen LogP contribution in [0.4, 0.5) is 0 Å². The number of cyclic esters (lactones) is 1. The highest BCUT2D eigenvalue weighted by molar-refractivity contribution is 6.30. The number of fused-ring (bicyclic) bond motifs is 1. The number of rotatable bonds is 1. The Hall–Kier alpha value is -1.55. The lowest BCUT2D eigenvalue weighted by Gasteiger charge is -2.30. The molecule has 1 heterocycles. The fraction of sp³-hybridized carbons (Fsp3) is 0.273. The van der Waals surface area contributed by atoms with Crippen LogP contribution in [0.5, 0.6) is 0 Å². The van der Waals surface area contributed by atoms with E-state index in [0.717, 1.165) is 0 Å². The summed E-state index contributed by atoms with van der Waals surface area (Å²) in [4.78, 5) is 22.6. The quantitative estimate of drug-likeness (QED) is 0.762. The van der Waals surface area contributed by atoms with Crippen LogP contribution >= 0.6 is 11.6 Å². The van der Waals surface area contributed by atoms with Crippen LogP contribution in [0.15, 0.2) is 18.2 Å². The minimum atomic E-state index is -1.51. The van der Waals surface area contributed by atoms with E-state index in [2.05, 4.69) is 0 Å². The van der Waals surface area contributed by atoms with Crippen molar-refractivity contribution in [3.8, 4) is 0 Å². The molecule has 1 atom stereocenters. The second-order valence-electron chi connectivity index (χ2n) is 3.90. The number of esters is 1. The van der Waals surface area contributed by atoms with Gasteiger partial charge in [0.05, 0.1) is 5.56 Å². The fourth-order valence-corrected chi connectivity index (χ4v) is 1.88. The van der Waals surface area contributed by atoms with Crippen molar-refractivity contribution in [3.63, 3.8) is 0 Å². The van der Waals surface area contributed by atoms with E-state index < -0.39 is 17.5 Å².